The Kier molecular flexibility index (Phi) is 4.86. The van der Waals surface area contributed by atoms with Crippen LogP contribution in [0.2, 0.25) is 5.02 Å². The molecule has 1 aliphatic carbocycles. The van der Waals surface area contributed by atoms with Gasteiger partial charge < -0.3 is 9.64 Å². The van der Waals surface area contributed by atoms with Crippen LogP contribution in [0.5, 0.6) is 0 Å². The second-order valence-electron chi connectivity index (χ2n) is 4.35. The molecule has 0 N–H and O–H groups in total. The number of amides is 1. The Labute approximate surface area is 126 Å². The first-order valence-electron chi connectivity index (χ1n) is 5.88. The molecule has 0 unspecified atom stereocenters. The molecule has 0 aliphatic heterocycles. The van der Waals surface area contributed by atoms with E-state index in [9.17, 15) is 4.79 Å². The van der Waals surface area contributed by atoms with Crippen molar-refractivity contribution >= 4 is 40.1 Å². The van der Waals surface area contributed by atoms with Gasteiger partial charge in [0.2, 0.25) is 0 Å². The highest BCUT2D eigenvalue weighted by Gasteiger charge is 2.32. The fourth-order valence-electron chi connectivity index (χ4n) is 1.82. The first kappa shape index (κ1) is 14.1. The summed E-state index contributed by atoms with van der Waals surface area (Å²) in [6, 6.07) is 5.83. The summed E-state index contributed by atoms with van der Waals surface area (Å²) < 4.78 is 6.02. The van der Waals surface area contributed by atoms with Crippen LogP contribution in [-0.2, 0) is 4.74 Å². The molecular formula is C13H15ClINO2. The van der Waals surface area contributed by atoms with Gasteiger partial charge in [-0.15, -0.1) is 0 Å². The van der Waals surface area contributed by atoms with Crippen LogP contribution in [0, 0.1) is 3.57 Å². The molecule has 1 aliphatic rings. The lowest BCUT2D eigenvalue weighted by atomic mass is 10.2. The largest absolute Gasteiger partial charge is 0.383 e. The number of methoxy groups -OCH3 is 1. The third-order valence-electron chi connectivity index (χ3n) is 2.95. The highest BCUT2D eigenvalue weighted by molar-refractivity contribution is 14.1. The van der Waals surface area contributed by atoms with Crippen molar-refractivity contribution in [2.45, 2.75) is 18.9 Å². The van der Waals surface area contributed by atoms with Crippen LogP contribution in [0.4, 0.5) is 0 Å². The summed E-state index contributed by atoms with van der Waals surface area (Å²) in [6.07, 6.45) is 2.18. The standard InChI is InChI=1S/C13H15ClINO2/c1-18-7-6-16(10-3-4-10)13(17)9-2-5-12(15)11(14)8-9/h2,5,8,10H,3-4,6-7H2,1H3. The van der Waals surface area contributed by atoms with Crippen LogP contribution in [0.1, 0.15) is 23.2 Å². The number of hydrogen-bond donors (Lipinski definition) is 0. The quantitative estimate of drug-likeness (QED) is 0.735. The Bertz CT molecular complexity index is 449. The first-order valence-corrected chi connectivity index (χ1v) is 7.34. The van der Waals surface area contributed by atoms with Crippen LogP contribution in [0.15, 0.2) is 18.2 Å². The minimum absolute atomic E-state index is 0.0489. The molecule has 0 saturated heterocycles. The molecule has 0 spiro atoms. The van der Waals surface area contributed by atoms with Gasteiger partial charge in [0.15, 0.2) is 0 Å². The maximum atomic E-state index is 12.4. The van der Waals surface area contributed by atoms with Crippen molar-refractivity contribution < 1.29 is 9.53 Å². The van der Waals surface area contributed by atoms with E-state index in [-0.39, 0.29) is 5.91 Å². The molecule has 0 aromatic heterocycles. The highest BCUT2D eigenvalue weighted by atomic mass is 127. The van der Waals surface area contributed by atoms with Gasteiger partial charge in [-0.1, -0.05) is 11.6 Å². The third kappa shape index (κ3) is 3.36. The minimum Gasteiger partial charge on any atom is -0.383 e. The lowest BCUT2D eigenvalue weighted by molar-refractivity contribution is 0.0680. The fourth-order valence-corrected chi connectivity index (χ4v) is 2.34. The molecular weight excluding hydrogens is 365 g/mol. The number of benzene rings is 1. The van der Waals surface area contributed by atoms with Crippen LogP contribution in [-0.4, -0.2) is 37.1 Å². The van der Waals surface area contributed by atoms with E-state index in [2.05, 4.69) is 22.6 Å². The number of halogens is 2. The van der Waals surface area contributed by atoms with Crippen molar-refractivity contribution in [3.05, 3.63) is 32.4 Å². The summed E-state index contributed by atoms with van der Waals surface area (Å²) >= 11 is 8.21. The van der Waals surface area contributed by atoms with E-state index in [1.807, 2.05) is 17.0 Å². The lowest BCUT2D eigenvalue weighted by Crippen LogP contribution is -2.35. The zero-order valence-corrected chi connectivity index (χ0v) is 13.1. The van der Waals surface area contributed by atoms with Gasteiger partial charge >= 0.3 is 0 Å². The maximum absolute atomic E-state index is 12.4. The molecule has 1 saturated carbocycles. The highest BCUT2D eigenvalue weighted by Crippen LogP contribution is 2.29. The van der Waals surface area contributed by atoms with Crippen LogP contribution in [0.3, 0.4) is 0 Å². The fraction of sp³-hybridized carbons (Fsp3) is 0.462. The average molecular weight is 380 g/mol. The minimum atomic E-state index is 0.0489. The molecule has 1 amide bonds. The van der Waals surface area contributed by atoms with E-state index in [0.717, 1.165) is 16.4 Å². The Morgan fingerprint density at radius 2 is 2.28 bits per heavy atom. The second-order valence-corrected chi connectivity index (χ2v) is 5.92. The summed E-state index contributed by atoms with van der Waals surface area (Å²) in [5.41, 5.74) is 0.656. The SMILES string of the molecule is COCCN(C(=O)c1ccc(I)c(Cl)c1)C1CC1. The molecule has 0 heterocycles. The zero-order valence-electron chi connectivity index (χ0n) is 10.2. The molecule has 0 bridgehead atoms. The van der Waals surface area contributed by atoms with Gasteiger partial charge in [-0.2, -0.15) is 0 Å². The molecule has 2 rings (SSSR count). The van der Waals surface area contributed by atoms with Gasteiger partial charge in [-0.05, 0) is 53.6 Å². The van der Waals surface area contributed by atoms with Crippen LogP contribution < -0.4 is 0 Å². The van der Waals surface area contributed by atoms with Crippen molar-refractivity contribution in [2.75, 3.05) is 20.3 Å². The first-order chi connectivity index (χ1) is 8.63. The smallest absolute Gasteiger partial charge is 0.254 e. The van der Waals surface area contributed by atoms with Crippen molar-refractivity contribution in [2.24, 2.45) is 0 Å². The predicted octanol–water partition coefficient (Wildman–Crippen LogP) is 3.20. The molecule has 3 nitrogen and oxygen atoms in total. The third-order valence-corrected chi connectivity index (χ3v) is 4.52. The number of nitrogens with zero attached hydrogens (tertiary/aromatic N) is 1. The zero-order chi connectivity index (χ0) is 13.1. The Hall–Kier alpha value is -0.330. The monoisotopic (exact) mass is 379 g/mol. The molecule has 1 fully saturated rings. The van der Waals surface area contributed by atoms with Crippen molar-refractivity contribution in [1.29, 1.82) is 0 Å². The Balaban J connectivity index is 2.13. The second kappa shape index (κ2) is 6.21. The lowest BCUT2D eigenvalue weighted by Gasteiger charge is -2.22. The van der Waals surface area contributed by atoms with E-state index < -0.39 is 0 Å². The van der Waals surface area contributed by atoms with E-state index >= 15 is 0 Å². The van der Waals surface area contributed by atoms with E-state index in [1.165, 1.54) is 0 Å². The molecule has 18 heavy (non-hydrogen) atoms. The van der Waals surface area contributed by atoms with Crippen molar-refractivity contribution in [1.82, 2.24) is 4.90 Å². The predicted molar refractivity (Wildman–Crippen MR) is 80.1 cm³/mol. The van der Waals surface area contributed by atoms with Crippen molar-refractivity contribution in [3.63, 3.8) is 0 Å². The van der Waals surface area contributed by atoms with Crippen LogP contribution in [0.25, 0.3) is 0 Å². The average Bonchev–Trinajstić information content (AvgIpc) is 3.17. The Morgan fingerprint density at radius 1 is 1.56 bits per heavy atom. The number of carbonyl (C=O) groups excluding carboxylic acids is 1. The summed E-state index contributed by atoms with van der Waals surface area (Å²) in [5, 5.41) is 0.629. The maximum Gasteiger partial charge on any atom is 0.254 e. The van der Waals surface area contributed by atoms with Crippen LogP contribution >= 0.6 is 34.2 Å². The molecule has 0 atom stereocenters. The van der Waals surface area contributed by atoms with E-state index in [0.29, 0.717) is 29.8 Å². The Morgan fingerprint density at radius 3 is 2.83 bits per heavy atom. The number of rotatable bonds is 5. The molecule has 98 valence electrons. The van der Waals surface area contributed by atoms with Gasteiger partial charge in [0, 0.05) is 28.8 Å². The van der Waals surface area contributed by atoms with Gasteiger partial charge in [0.1, 0.15) is 0 Å². The molecule has 1 aromatic rings. The van der Waals surface area contributed by atoms with Crippen molar-refractivity contribution in [3.8, 4) is 0 Å². The number of carbonyl (C=O) groups is 1. The van der Waals surface area contributed by atoms with Gasteiger partial charge in [-0.25, -0.2) is 0 Å². The number of hydrogen-bond acceptors (Lipinski definition) is 2. The van der Waals surface area contributed by atoms with E-state index in [4.69, 9.17) is 16.3 Å². The molecule has 5 heteroatoms. The number of ether oxygens (including phenoxy) is 1. The summed E-state index contributed by atoms with van der Waals surface area (Å²) in [6.45, 7) is 1.21. The van der Waals surface area contributed by atoms with Gasteiger partial charge in [0.25, 0.3) is 5.91 Å². The van der Waals surface area contributed by atoms with Gasteiger partial charge in [-0.3, -0.25) is 4.79 Å². The summed E-state index contributed by atoms with van der Waals surface area (Å²) in [7, 11) is 1.65. The normalized spacial score (nSPS) is 14.6. The topological polar surface area (TPSA) is 29.5 Å². The summed E-state index contributed by atoms with van der Waals surface area (Å²) in [4.78, 5) is 14.3. The van der Waals surface area contributed by atoms with E-state index in [1.54, 1.807) is 13.2 Å². The molecule has 0 radical (unpaired) electrons. The molecule has 1 aromatic carbocycles. The summed E-state index contributed by atoms with van der Waals surface area (Å²) in [5.74, 6) is 0.0489. The van der Waals surface area contributed by atoms with Gasteiger partial charge in [0.05, 0.1) is 11.6 Å².